The number of aliphatic hydroxyl groups is 1. The number of pyridine rings is 1. The topological polar surface area (TPSA) is 196 Å². The highest BCUT2D eigenvalue weighted by Gasteiger charge is 2.31. The number of carbonyl (C=O) groups is 1. The highest BCUT2D eigenvalue weighted by molar-refractivity contribution is 7.89. The number of sulfonamides is 1. The first-order valence-electron chi connectivity index (χ1n) is 15.0. The predicted molar refractivity (Wildman–Crippen MR) is 174 cm³/mol. The number of ether oxygens (including phenoxy) is 3. The molecule has 3 N–H and O–H groups in total. The van der Waals surface area contributed by atoms with Gasteiger partial charge in [0, 0.05) is 55.5 Å². The van der Waals surface area contributed by atoms with Gasteiger partial charge in [0.1, 0.15) is 23.3 Å². The van der Waals surface area contributed by atoms with Gasteiger partial charge in [0.25, 0.3) is 11.6 Å². The molecule has 0 radical (unpaired) electrons. The summed E-state index contributed by atoms with van der Waals surface area (Å²) in [4.78, 5) is 27.5. The average Bonchev–Trinajstić information content (AvgIpc) is 3.54. The van der Waals surface area contributed by atoms with E-state index in [0.29, 0.717) is 23.6 Å². The summed E-state index contributed by atoms with van der Waals surface area (Å²) in [6, 6.07) is 16.2. The van der Waals surface area contributed by atoms with Gasteiger partial charge in [0.2, 0.25) is 16.3 Å². The molecule has 1 aliphatic heterocycles. The van der Waals surface area contributed by atoms with Gasteiger partial charge in [0.15, 0.2) is 5.76 Å². The Bertz CT molecular complexity index is 1850. The molecule has 2 aromatic heterocycles. The summed E-state index contributed by atoms with van der Waals surface area (Å²) in [6.07, 6.45) is 3.88. The van der Waals surface area contributed by atoms with Gasteiger partial charge in [0.05, 0.1) is 36.4 Å². The number of aromatic nitrogens is 1. The third-order valence-corrected chi connectivity index (χ3v) is 9.47. The lowest BCUT2D eigenvalue weighted by Crippen LogP contribution is -2.38. The number of amides is 1. The van der Waals surface area contributed by atoms with Gasteiger partial charge in [-0.15, -0.1) is 0 Å². The van der Waals surface area contributed by atoms with Crippen LogP contribution in [0.4, 0.5) is 11.5 Å². The van der Waals surface area contributed by atoms with E-state index in [9.17, 15) is 28.4 Å². The number of allylic oxidation sites excluding steroid dienone is 1. The molecule has 3 heterocycles. The summed E-state index contributed by atoms with van der Waals surface area (Å²) in [5.41, 5.74) is 1.39. The van der Waals surface area contributed by atoms with Gasteiger partial charge in [-0.2, -0.15) is 4.31 Å². The molecule has 0 saturated heterocycles. The fourth-order valence-electron chi connectivity index (χ4n) is 5.12. The molecule has 0 saturated carbocycles. The minimum atomic E-state index is -3.96. The van der Waals surface area contributed by atoms with Gasteiger partial charge < -0.3 is 34.4 Å². The number of fused-ring (bicyclic) bond motifs is 1. The quantitative estimate of drug-likeness (QED) is 0.0887. The van der Waals surface area contributed by atoms with Crippen LogP contribution in [0.2, 0.25) is 0 Å². The van der Waals surface area contributed by atoms with Gasteiger partial charge >= 0.3 is 0 Å². The molecule has 0 fully saturated rings. The maximum absolute atomic E-state index is 13.3. The third-order valence-electron chi connectivity index (χ3n) is 7.56. The number of nitrogens with one attached hydrogen (secondary N) is 2. The number of furan rings is 1. The second-order valence-electron chi connectivity index (χ2n) is 10.6. The summed E-state index contributed by atoms with van der Waals surface area (Å²) in [7, 11) is -2.47. The van der Waals surface area contributed by atoms with Crippen LogP contribution in [0, 0.1) is 10.1 Å². The number of nitro groups is 1. The van der Waals surface area contributed by atoms with Crippen molar-refractivity contribution in [1.29, 1.82) is 0 Å². The Hall–Kier alpha value is -5.03. The number of aliphatic hydroxyl groups excluding tert-OH is 1. The van der Waals surface area contributed by atoms with Crippen molar-refractivity contribution in [1.82, 2.24) is 14.6 Å². The molecule has 0 bridgehead atoms. The molecule has 1 aliphatic rings. The summed E-state index contributed by atoms with van der Waals surface area (Å²) in [5, 5.41) is 27.1. The number of anilines is 1. The first kappa shape index (κ1) is 34.3. The fourth-order valence-corrected chi connectivity index (χ4v) is 6.53. The Kier molecular flexibility index (Phi) is 11.2. The van der Waals surface area contributed by atoms with Crippen molar-refractivity contribution in [2.45, 2.75) is 23.5 Å². The van der Waals surface area contributed by atoms with E-state index < -0.39 is 33.8 Å². The molecule has 2 atom stereocenters. The van der Waals surface area contributed by atoms with Crippen LogP contribution in [0.5, 0.6) is 5.75 Å². The van der Waals surface area contributed by atoms with E-state index in [1.165, 1.54) is 43.5 Å². The molecule has 0 unspecified atom stereocenters. The van der Waals surface area contributed by atoms with E-state index >= 15 is 0 Å². The predicted octanol–water partition coefficient (Wildman–Crippen LogP) is 3.39. The maximum atomic E-state index is 13.3. The third kappa shape index (κ3) is 8.27. The SMILES string of the molecule is COc1ccc(S(=O)(=O)N(CCO)CCO[C@H]2C[C@@H](c3coc4ccccc34)C=C(C(=O)NCCNc3ccc([N+](=O)[O-])cn3)O2)cc1. The molecule has 15 nitrogen and oxygen atoms in total. The number of rotatable bonds is 16. The Morgan fingerprint density at radius 3 is 2.62 bits per heavy atom. The van der Waals surface area contributed by atoms with Gasteiger partial charge in [-0.05, 0) is 42.5 Å². The number of hydrogen-bond acceptors (Lipinski definition) is 12. The summed E-state index contributed by atoms with van der Waals surface area (Å²) < 4.78 is 50.6. The molecule has 254 valence electrons. The van der Waals surface area contributed by atoms with Gasteiger partial charge in [-0.25, -0.2) is 13.4 Å². The van der Waals surface area contributed by atoms with Crippen molar-refractivity contribution >= 4 is 38.4 Å². The molecule has 1 amide bonds. The van der Waals surface area contributed by atoms with Crippen LogP contribution < -0.4 is 15.4 Å². The van der Waals surface area contributed by atoms with Crippen LogP contribution in [0.25, 0.3) is 11.0 Å². The van der Waals surface area contributed by atoms with E-state index in [4.69, 9.17) is 18.6 Å². The first-order chi connectivity index (χ1) is 23.2. The minimum Gasteiger partial charge on any atom is -0.497 e. The molecular formula is C32H35N5O10S. The van der Waals surface area contributed by atoms with Crippen molar-refractivity contribution < 1.29 is 41.9 Å². The lowest BCUT2D eigenvalue weighted by Gasteiger charge is -2.30. The van der Waals surface area contributed by atoms with Crippen LogP contribution in [0.1, 0.15) is 17.9 Å². The molecule has 5 rings (SSSR count). The number of carbonyl (C=O) groups excluding carboxylic acids is 1. The standard InChI is InChI=1S/C32H35N5O10S/c1-44-24-7-9-25(10-8-24)48(42,43)36(14-16-38)15-17-45-31-19-22(27-21-46-28-5-3-2-4-26(27)28)18-29(47-31)32(39)34-13-12-33-30-11-6-23(20-35-30)37(40)41/h2-11,18,20-22,31,38H,12-17,19H2,1H3,(H,33,35)(H,34,39)/t22-,31+/m0/s1. The summed E-state index contributed by atoms with van der Waals surface area (Å²) in [6.45, 7) is -0.246. The monoisotopic (exact) mass is 681 g/mol. The summed E-state index contributed by atoms with van der Waals surface area (Å²) >= 11 is 0. The van der Waals surface area contributed by atoms with Crippen LogP contribution in [0.15, 0.2) is 94.3 Å². The van der Waals surface area contributed by atoms with Crippen LogP contribution in [-0.4, -0.2) is 86.4 Å². The second-order valence-corrected chi connectivity index (χ2v) is 12.6. The summed E-state index contributed by atoms with van der Waals surface area (Å²) in [5.74, 6) is 0.113. The first-order valence-corrected chi connectivity index (χ1v) is 16.5. The molecular weight excluding hydrogens is 646 g/mol. The molecule has 48 heavy (non-hydrogen) atoms. The number of nitrogens with zero attached hydrogens (tertiary/aromatic N) is 3. The Morgan fingerprint density at radius 2 is 1.92 bits per heavy atom. The van der Waals surface area contributed by atoms with Crippen LogP contribution in [-0.2, 0) is 24.3 Å². The zero-order valence-corrected chi connectivity index (χ0v) is 26.8. The Labute approximate surface area is 276 Å². The number of para-hydroxylation sites is 1. The minimum absolute atomic E-state index is 0.0214. The highest BCUT2D eigenvalue weighted by Crippen LogP contribution is 2.36. The van der Waals surface area contributed by atoms with Crippen LogP contribution in [0.3, 0.4) is 0 Å². The molecule has 0 spiro atoms. The van der Waals surface area contributed by atoms with E-state index in [1.807, 2.05) is 24.3 Å². The number of hydrogen-bond donors (Lipinski definition) is 3. The highest BCUT2D eigenvalue weighted by atomic mass is 32.2. The lowest BCUT2D eigenvalue weighted by molar-refractivity contribution is -0.385. The Morgan fingerprint density at radius 1 is 1.12 bits per heavy atom. The average molecular weight is 682 g/mol. The molecule has 4 aromatic rings. The zero-order chi connectivity index (χ0) is 34.1. The van der Waals surface area contributed by atoms with E-state index in [0.717, 1.165) is 21.5 Å². The molecule has 0 aliphatic carbocycles. The van der Waals surface area contributed by atoms with E-state index in [2.05, 4.69) is 15.6 Å². The van der Waals surface area contributed by atoms with Crippen molar-refractivity contribution in [3.63, 3.8) is 0 Å². The van der Waals surface area contributed by atoms with Crippen molar-refractivity contribution in [2.24, 2.45) is 0 Å². The van der Waals surface area contributed by atoms with Crippen molar-refractivity contribution in [3.05, 3.63) is 101 Å². The van der Waals surface area contributed by atoms with E-state index in [1.54, 1.807) is 12.3 Å². The number of methoxy groups -OCH3 is 1. The van der Waals surface area contributed by atoms with Gasteiger partial charge in [-0.3, -0.25) is 14.9 Å². The maximum Gasteiger partial charge on any atom is 0.287 e. The number of benzene rings is 2. The zero-order valence-electron chi connectivity index (χ0n) is 26.0. The second kappa shape index (κ2) is 15.7. The Balaban J connectivity index is 1.25. The van der Waals surface area contributed by atoms with E-state index in [-0.39, 0.29) is 55.0 Å². The fraction of sp³-hybridized carbons (Fsp3) is 0.312. The molecule has 16 heteroatoms. The smallest absolute Gasteiger partial charge is 0.287 e. The van der Waals surface area contributed by atoms with Crippen LogP contribution >= 0.6 is 0 Å². The lowest BCUT2D eigenvalue weighted by atomic mass is 9.92. The van der Waals surface area contributed by atoms with Crippen molar-refractivity contribution in [3.8, 4) is 5.75 Å². The largest absolute Gasteiger partial charge is 0.497 e. The van der Waals surface area contributed by atoms with Crippen molar-refractivity contribution in [2.75, 3.05) is 51.8 Å². The molecule has 2 aromatic carbocycles. The normalized spacial score (nSPS) is 16.3. The van der Waals surface area contributed by atoms with Gasteiger partial charge in [-0.1, -0.05) is 18.2 Å².